The summed E-state index contributed by atoms with van der Waals surface area (Å²) in [6.45, 7) is 21.6. The van der Waals surface area contributed by atoms with Gasteiger partial charge in [-0.25, -0.2) is 0 Å². The molecule has 0 amide bonds. The standard InChI is InChI=1S/C28H47NO6Si2/c1-26(2,3)25(34-36(7)8)28(31)17-20-21(29-32-18-19-14-12-11-13-15-19)16-22(30)33-23(20)24(28)35-37(9,10)27(4,5)6/h11-15,17,21,23-25,29,31,36H,16,18H2,1-10H3/t21-,23+,24+,25?,28?/m1/s1. The molecule has 7 nitrogen and oxygen atoms in total. The highest BCUT2D eigenvalue weighted by atomic mass is 28.4. The lowest BCUT2D eigenvalue weighted by Crippen LogP contribution is -2.63. The van der Waals surface area contributed by atoms with Crippen LogP contribution in [0.3, 0.4) is 0 Å². The third-order valence-electron chi connectivity index (χ3n) is 7.64. The van der Waals surface area contributed by atoms with Crippen LogP contribution in [0.1, 0.15) is 53.5 Å². The summed E-state index contributed by atoms with van der Waals surface area (Å²) < 4.78 is 19.4. The smallest absolute Gasteiger partial charge is 0.308 e. The van der Waals surface area contributed by atoms with Gasteiger partial charge in [-0.2, -0.15) is 5.48 Å². The molecule has 1 aromatic rings. The van der Waals surface area contributed by atoms with Crippen LogP contribution in [0, 0.1) is 5.41 Å². The summed E-state index contributed by atoms with van der Waals surface area (Å²) >= 11 is 0. The second-order valence-corrected chi connectivity index (χ2v) is 20.4. The minimum absolute atomic E-state index is 0.101. The molecule has 0 radical (unpaired) electrons. The number of rotatable bonds is 9. The Balaban J connectivity index is 2.00. The van der Waals surface area contributed by atoms with E-state index < -0.39 is 47.3 Å². The lowest BCUT2D eigenvalue weighted by molar-refractivity contribution is -0.175. The number of hydrogen-bond acceptors (Lipinski definition) is 7. The van der Waals surface area contributed by atoms with Gasteiger partial charge < -0.3 is 18.7 Å². The summed E-state index contributed by atoms with van der Waals surface area (Å²) in [5.41, 5.74) is 3.02. The fourth-order valence-electron chi connectivity index (χ4n) is 4.82. The first-order chi connectivity index (χ1) is 17.0. The van der Waals surface area contributed by atoms with E-state index in [4.69, 9.17) is 18.4 Å². The quantitative estimate of drug-likeness (QED) is 0.197. The van der Waals surface area contributed by atoms with E-state index in [1.54, 1.807) is 0 Å². The second kappa shape index (κ2) is 11.0. The van der Waals surface area contributed by atoms with Gasteiger partial charge in [0.25, 0.3) is 0 Å². The zero-order chi connectivity index (χ0) is 27.8. The van der Waals surface area contributed by atoms with Gasteiger partial charge in [0.2, 0.25) is 0 Å². The lowest BCUT2D eigenvalue weighted by Gasteiger charge is -2.49. The van der Waals surface area contributed by atoms with E-state index in [-0.39, 0.29) is 22.8 Å². The molecule has 1 aliphatic carbocycles. The number of carbonyl (C=O) groups excluding carboxylic acids is 1. The summed E-state index contributed by atoms with van der Waals surface area (Å²) in [4.78, 5) is 18.6. The number of hydroxylamine groups is 1. The minimum Gasteiger partial charge on any atom is -0.455 e. The molecule has 3 rings (SSSR count). The molecule has 0 aromatic heterocycles. The summed E-state index contributed by atoms with van der Waals surface area (Å²) in [6.07, 6.45) is -0.0781. The van der Waals surface area contributed by atoms with Crippen molar-refractivity contribution in [2.24, 2.45) is 5.41 Å². The SMILES string of the molecule is C[SiH](C)OC(C(C)(C)C)C1(O)C=C2[C@H](NOCc3ccccc3)CC(=O)O[C@@H]2[C@@H]1O[Si](C)(C)C(C)(C)C. The number of ether oxygens (including phenoxy) is 1. The third kappa shape index (κ3) is 6.82. The van der Waals surface area contributed by atoms with Gasteiger partial charge in [0, 0.05) is 0 Å². The van der Waals surface area contributed by atoms with E-state index in [2.05, 4.69) is 73.2 Å². The minimum atomic E-state index is -2.37. The molecule has 1 aliphatic heterocycles. The Bertz CT molecular complexity index is 969. The topological polar surface area (TPSA) is 86.2 Å². The normalized spacial score (nSPS) is 27.6. The highest BCUT2D eigenvalue weighted by Gasteiger charge is 2.61. The molecular formula is C28H47NO6Si2. The molecule has 0 bridgehead atoms. The number of benzene rings is 1. The molecular weight excluding hydrogens is 502 g/mol. The Kier molecular flexibility index (Phi) is 9.01. The van der Waals surface area contributed by atoms with E-state index in [0.29, 0.717) is 6.61 Å². The highest BCUT2D eigenvalue weighted by Crippen LogP contribution is 2.48. The van der Waals surface area contributed by atoms with Crippen LogP contribution in [0.2, 0.25) is 31.2 Å². The number of nitrogens with one attached hydrogen (secondary N) is 1. The van der Waals surface area contributed by atoms with Gasteiger partial charge in [-0.3, -0.25) is 9.63 Å². The van der Waals surface area contributed by atoms with Crippen molar-refractivity contribution < 1.29 is 28.3 Å². The lowest BCUT2D eigenvalue weighted by atomic mass is 9.77. The van der Waals surface area contributed by atoms with Crippen molar-refractivity contribution in [3.05, 3.63) is 47.5 Å². The van der Waals surface area contributed by atoms with Gasteiger partial charge >= 0.3 is 5.97 Å². The Morgan fingerprint density at radius 1 is 1.16 bits per heavy atom. The number of hydrogen-bond donors (Lipinski definition) is 2. The van der Waals surface area contributed by atoms with Crippen LogP contribution in [0.25, 0.3) is 0 Å². The molecule has 2 N–H and O–H groups in total. The molecule has 1 fully saturated rings. The maximum Gasteiger partial charge on any atom is 0.308 e. The van der Waals surface area contributed by atoms with Crippen molar-refractivity contribution in [1.82, 2.24) is 5.48 Å². The Morgan fingerprint density at radius 3 is 2.32 bits per heavy atom. The van der Waals surface area contributed by atoms with Gasteiger partial charge in [0.1, 0.15) is 11.7 Å². The molecule has 2 aliphatic rings. The average molecular weight is 550 g/mol. The maximum atomic E-state index is 12.8. The van der Waals surface area contributed by atoms with Crippen molar-refractivity contribution in [3.8, 4) is 0 Å². The number of carbonyl (C=O) groups is 1. The first-order valence-electron chi connectivity index (χ1n) is 13.3. The fourth-order valence-corrected chi connectivity index (χ4v) is 7.29. The summed E-state index contributed by atoms with van der Waals surface area (Å²) in [7, 11) is -3.92. The first kappa shape index (κ1) is 30.2. The largest absolute Gasteiger partial charge is 0.455 e. The number of esters is 1. The average Bonchev–Trinajstić information content (AvgIpc) is 3.03. The molecule has 0 saturated carbocycles. The van der Waals surface area contributed by atoms with Crippen molar-refractivity contribution in [1.29, 1.82) is 0 Å². The summed E-state index contributed by atoms with van der Waals surface area (Å²) in [6, 6.07) is 9.40. The second-order valence-electron chi connectivity index (χ2n) is 13.3. The van der Waals surface area contributed by atoms with Crippen LogP contribution >= 0.6 is 0 Å². The predicted molar refractivity (Wildman–Crippen MR) is 151 cm³/mol. The van der Waals surface area contributed by atoms with E-state index in [1.165, 1.54) is 0 Å². The molecule has 37 heavy (non-hydrogen) atoms. The van der Waals surface area contributed by atoms with Crippen molar-refractivity contribution in [2.75, 3.05) is 0 Å². The number of aliphatic hydroxyl groups is 1. The molecule has 9 heteroatoms. The summed E-state index contributed by atoms with van der Waals surface area (Å²) in [5, 5.41) is 12.4. The van der Waals surface area contributed by atoms with Crippen LogP contribution < -0.4 is 5.48 Å². The van der Waals surface area contributed by atoms with Crippen molar-refractivity contribution in [3.63, 3.8) is 0 Å². The van der Waals surface area contributed by atoms with Gasteiger partial charge in [-0.15, -0.1) is 0 Å². The van der Waals surface area contributed by atoms with E-state index in [9.17, 15) is 9.90 Å². The zero-order valence-corrected chi connectivity index (χ0v) is 26.4. The van der Waals surface area contributed by atoms with Crippen molar-refractivity contribution in [2.45, 2.75) is 116 Å². The molecule has 1 aromatic carbocycles. The molecule has 2 unspecified atom stereocenters. The molecule has 208 valence electrons. The monoisotopic (exact) mass is 549 g/mol. The molecule has 0 spiro atoms. The van der Waals surface area contributed by atoms with E-state index in [0.717, 1.165) is 11.1 Å². The maximum absolute atomic E-state index is 12.8. The predicted octanol–water partition coefficient (Wildman–Crippen LogP) is 4.87. The van der Waals surface area contributed by atoms with Crippen LogP contribution in [-0.2, 0) is 29.8 Å². The Morgan fingerprint density at radius 2 is 1.78 bits per heavy atom. The van der Waals surface area contributed by atoms with Crippen LogP contribution in [-0.4, -0.2) is 58.4 Å². The van der Waals surface area contributed by atoms with E-state index >= 15 is 0 Å². The first-order valence-corrected chi connectivity index (χ1v) is 19.0. The number of fused-ring (bicyclic) bond motifs is 1. The van der Waals surface area contributed by atoms with Gasteiger partial charge in [-0.05, 0) is 53.9 Å². The van der Waals surface area contributed by atoms with Crippen LogP contribution in [0.5, 0.6) is 0 Å². The Hall–Kier alpha value is -1.34. The molecule has 1 heterocycles. The third-order valence-corrected chi connectivity index (χ3v) is 12.9. The molecule has 5 atom stereocenters. The van der Waals surface area contributed by atoms with E-state index in [1.807, 2.05) is 36.4 Å². The van der Waals surface area contributed by atoms with Gasteiger partial charge in [0.05, 0.1) is 25.2 Å². The highest BCUT2D eigenvalue weighted by molar-refractivity contribution is 6.74. The van der Waals surface area contributed by atoms with Crippen molar-refractivity contribution >= 4 is 23.3 Å². The summed E-state index contributed by atoms with van der Waals surface area (Å²) in [5.74, 6) is -0.345. The van der Waals surface area contributed by atoms with Gasteiger partial charge in [0.15, 0.2) is 23.5 Å². The fraction of sp³-hybridized carbons (Fsp3) is 0.679. The Labute approximate surface area is 225 Å². The van der Waals surface area contributed by atoms with Crippen LogP contribution in [0.4, 0.5) is 0 Å². The zero-order valence-electron chi connectivity index (χ0n) is 24.3. The van der Waals surface area contributed by atoms with Gasteiger partial charge in [-0.1, -0.05) is 71.9 Å². The molecule has 1 saturated heterocycles. The van der Waals surface area contributed by atoms with Crippen LogP contribution in [0.15, 0.2) is 42.0 Å².